The molecule has 0 N–H and O–H groups in total. The van der Waals surface area contributed by atoms with Gasteiger partial charge in [0.1, 0.15) is 12.4 Å². The number of furan rings is 1. The number of carbonyl (C=O) groups excluding carboxylic acids is 2. The van der Waals surface area contributed by atoms with Gasteiger partial charge in [0.15, 0.2) is 5.76 Å². The van der Waals surface area contributed by atoms with Gasteiger partial charge >= 0.3 is 0 Å². The molecule has 3 heterocycles. The fourth-order valence-corrected chi connectivity index (χ4v) is 4.43. The number of halogens is 1. The van der Waals surface area contributed by atoms with E-state index in [1.54, 1.807) is 40.5 Å². The molecule has 4 rings (SSSR count). The van der Waals surface area contributed by atoms with Gasteiger partial charge in [-0.15, -0.1) is 11.3 Å². The molecule has 2 aromatic heterocycles. The van der Waals surface area contributed by atoms with Crippen LogP contribution in [0.15, 0.2) is 64.6 Å². The minimum absolute atomic E-state index is 0.0913. The molecule has 1 unspecified atom stereocenters. The van der Waals surface area contributed by atoms with Crippen molar-refractivity contribution in [1.29, 1.82) is 0 Å². The van der Waals surface area contributed by atoms with Gasteiger partial charge in [0.2, 0.25) is 5.91 Å². The third-order valence-corrected chi connectivity index (χ3v) is 6.22. The van der Waals surface area contributed by atoms with E-state index in [0.717, 1.165) is 23.3 Å². The highest BCUT2D eigenvalue weighted by Crippen LogP contribution is 2.18. The molecule has 0 bridgehead atoms. The van der Waals surface area contributed by atoms with Gasteiger partial charge in [-0.1, -0.05) is 18.2 Å². The summed E-state index contributed by atoms with van der Waals surface area (Å²) in [5, 5.41) is 1.96. The number of thiophene rings is 1. The van der Waals surface area contributed by atoms with E-state index >= 15 is 0 Å². The van der Waals surface area contributed by atoms with Crippen LogP contribution in [0.2, 0.25) is 0 Å². The Kier molecular flexibility index (Phi) is 7.34. The first-order chi connectivity index (χ1) is 15.6. The summed E-state index contributed by atoms with van der Waals surface area (Å²) in [5.74, 6) is -0.659. The van der Waals surface area contributed by atoms with Crippen molar-refractivity contribution in [1.82, 2.24) is 9.80 Å². The van der Waals surface area contributed by atoms with Crippen molar-refractivity contribution in [2.45, 2.75) is 32.0 Å². The SMILES string of the molecule is O=C(CN(CC1CCCO1)C(=O)c1ccco1)N(Cc1ccc(F)cc1)Cc1cccs1. The summed E-state index contributed by atoms with van der Waals surface area (Å²) in [6.45, 7) is 1.63. The number of benzene rings is 1. The van der Waals surface area contributed by atoms with Crippen LogP contribution in [0.5, 0.6) is 0 Å². The molecule has 2 amide bonds. The molecule has 1 aliphatic rings. The molecule has 0 saturated carbocycles. The minimum Gasteiger partial charge on any atom is -0.459 e. The second-order valence-corrected chi connectivity index (χ2v) is 8.79. The second kappa shape index (κ2) is 10.6. The van der Waals surface area contributed by atoms with Crippen molar-refractivity contribution in [3.63, 3.8) is 0 Å². The van der Waals surface area contributed by atoms with Gasteiger partial charge in [-0.05, 0) is 54.1 Å². The maximum atomic E-state index is 13.4. The van der Waals surface area contributed by atoms with Crippen molar-refractivity contribution in [2.24, 2.45) is 0 Å². The third kappa shape index (κ3) is 5.83. The lowest BCUT2D eigenvalue weighted by atomic mass is 10.2. The van der Waals surface area contributed by atoms with E-state index < -0.39 is 0 Å². The lowest BCUT2D eigenvalue weighted by molar-refractivity contribution is -0.133. The molecule has 1 saturated heterocycles. The predicted molar refractivity (Wildman–Crippen MR) is 119 cm³/mol. The highest BCUT2D eigenvalue weighted by Gasteiger charge is 2.28. The summed E-state index contributed by atoms with van der Waals surface area (Å²) < 4.78 is 24.3. The molecule has 0 spiro atoms. The lowest BCUT2D eigenvalue weighted by Gasteiger charge is -2.28. The van der Waals surface area contributed by atoms with E-state index in [4.69, 9.17) is 9.15 Å². The number of ether oxygens (including phenoxy) is 1. The monoisotopic (exact) mass is 456 g/mol. The standard InChI is InChI=1S/C24H25FN2O4S/c25-19-9-7-18(8-10-19)14-26(16-21-5-3-13-32-21)23(28)17-27(15-20-4-1-11-30-20)24(29)22-6-2-12-31-22/h2-3,5-10,12-13,20H,1,4,11,14-17H2. The van der Waals surface area contributed by atoms with Gasteiger partial charge < -0.3 is 19.0 Å². The Morgan fingerprint density at radius 2 is 1.91 bits per heavy atom. The first-order valence-electron chi connectivity index (χ1n) is 10.6. The zero-order valence-electron chi connectivity index (χ0n) is 17.6. The van der Waals surface area contributed by atoms with Gasteiger partial charge in [0.05, 0.1) is 18.9 Å². The van der Waals surface area contributed by atoms with E-state index in [1.807, 2.05) is 17.5 Å². The Hall–Kier alpha value is -2.97. The van der Waals surface area contributed by atoms with E-state index in [1.165, 1.54) is 23.3 Å². The third-order valence-electron chi connectivity index (χ3n) is 5.36. The topological polar surface area (TPSA) is 63.0 Å². The summed E-state index contributed by atoms with van der Waals surface area (Å²) in [5.41, 5.74) is 0.819. The normalized spacial score (nSPS) is 15.6. The molecular weight excluding hydrogens is 431 g/mol. The van der Waals surface area contributed by atoms with Crippen LogP contribution in [0.1, 0.15) is 33.8 Å². The van der Waals surface area contributed by atoms with Crippen LogP contribution < -0.4 is 0 Å². The molecule has 3 aromatic rings. The zero-order chi connectivity index (χ0) is 22.3. The number of hydrogen-bond donors (Lipinski definition) is 0. The summed E-state index contributed by atoms with van der Waals surface area (Å²) in [7, 11) is 0. The number of hydrogen-bond acceptors (Lipinski definition) is 5. The van der Waals surface area contributed by atoms with Gasteiger partial charge in [-0.25, -0.2) is 4.39 Å². The summed E-state index contributed by atoms with van der Waals surface area (Å²) in [4.78, 5) is 30.6. The van der Waals surface area contributed by atoms with Crippen molar-refractivity contribution in [3.05, 3.63) is 82.2 Å². The van der Waals surface area contributed by atoms with Crippen molar-refractivity contribution in [2.75, 3.05) is 19.7 Å². The van der Waals surface area contributed by atoms with Gasteiger partial charge in [0.25, 0.3) is 5.91 Å². The lowest BCUT2D eigenvalue weighted by Crippen LogP contribution is -2.45. The molecule has 1 atom stereocenters. The largest absolute Gasteiger partial charge is 0.459 e. The van der Waals surface area contributed by atoms with Crippen LogP contribution in [-0.4, -0.2) is 47.4 Å². The molecular formula is C24H25FN2O4S. The van der Waals surface area contributed by atoms with Gasteiger partial charge in [-0.3, -0.25) is 9.59 Å². The highest BCUT2D eigenvalue weighted by atomic mass is 32.1. The molecule has 1 fully saturated rings. The number of rotatable bonds is 9. The van der Waals surface area contributed by atoms with Crippen LogP contribution in [-0.2, 0) is 22.6 Å². The molecule has 0 aliphatic carbocycles. The second-order valence-electron chi connectivity index (χ2n) is 7.75. The van der Waals surface area contributed by atoms with E-state index in [-0.39, 0.29) is 36.0 Å². The number of nitrogens with zero attached hydrogens (tertiary/aromatic N) is 2. The first kappa shape index (κ1) is 22.2. The highest BCUT2D eigenvalue weighted by molar-refractivity contribution is 7.09. The average molecular weight is 457 g/mol. The van der Waals surface area contributed by atoms with Gasteiger partial charge in [-0.2, -0.15) is 0 Å². The maximum absolute atomic E-state index is 13.4. The number of carbonyl (C=O) groups is 2. The fourth-order valence-electron chi connectivity index (χ4n) is 3.71. The maximum Gasteiger partial charge on any atom is 0.290 e. The molecule has 168 valence electrons. The Morgan fingerprint density at radius 1 is 1.06 bits per heavy atom. The smallest absolute Gasteiger partial charge is 0.290 e. The van der Waals surface area contributed by atoms with Gasteiger partial charge in [0, 0.05) is 24.6 Å². The Balaban J connectivity index is 1.52. The van der Waals surface area contributed by atoms with Crippen LogP contribution in [0.25, 0.3) is 0 Å². The van der Waals surface area contributed by atoms with Crippen molar-refractivity contribution in [3.8, 4) is 0 Å². The molecule has 6 nitrogen and oxygen atoms in total. The summed E-state index contributed by atoms with van der Waals surface area (Å²) in [6, 6.07) is 13.2. The zero-order valence-corrected chi connectivity index (χ0v) is 18.4. The van der Waals surface area contributed by atoms with Crippen LogP contribution >= 0.6 is 11.3 Å². The Bertz CT molecular complexity index is 999. The van der Waals surface area contributed by atoms with Crippen LogP contribution in [0, 0.1) is 5.82 Å². The first-order valence-corrected chi connectivity index (χ1v) is 11.5. The minimum atomic E-state index is -0.336. The van der Waals surface area contributed by atoms with E-state index in [9.17, 15) is 14.0 Å². The summed E-state index contributed by atoms with van der Waals surface area (Å²) >= 11 is 1.56. The average Bonchev–Trinajstić information content (AvgIpc) is 3.57. The fraction of sp³-hybridized carbons (Fsp3) is 0.333. The molecule has 32 heavy (non-hydrogen) atoms. The molecule has 1 aliphatic heterocycles. The van der Waals surface area contributed by atoms with E-state index in [2.05, 4.69) is 0 Å². The summed E-state index contributed by atoms with van der Waals surface area (Å²) in [6.07, 6.45) is 3.14. The molecule has 1 aromatic carbocycles. The van der Waals surface area contributed by atoms with Crippen LogP contribution in [0.4, 0.5) is 4.39 Å². The Morgan fingerprint density at radius 3 is 2.56 bits per heavy atom. The molecule has 0 radical (unpaired) electrons. The Labute approximate surface area is 190 Å². The number of amides is 2. The molecule has 8 heteroatoms. The predicted octanol–water partition coefficient (Wildman–Crippen LogP) is 4.33. The van der Waals surface area contributed by atoms with E-state index in [0.29, 0.717) is 26.2 Å². The quantitative estimate of drug-likeness (QED) is 0.481. The van der Waals surface area contributed by atoms with Crippen molar-refractivity contribution >= 4 is 23.2 Å². The van der Waals surface area contributed by atoms with Crippen LogP contribution in [0.3, 0.4) is 0 Å². The van der Waals surface area contributed by atoms with Crippen molar-refractivity contribution < 1.29 is 23.1 Å².